The first-order chi connectivity index (χ1) is 12.0. The van der Waals surface area contributed by atoms with E-state index in [2.05, 4.69) is 8.92 Å². The largest absolute Gasteiger partial charge is 0.542 e. The highest BCUT2D eigenvalue weighted by atomic mass is 32.2. The maximum absolute atomic E-state index is 12.5. The highest BCUT2D eigenvalue weighted by molar-refractivity contribution is 7.88. The van der Waals surface area contributed by atoms with Gasteiger partial charge in [0.15, 0.2) is 11.5 Å². The lowest BCUT2D eigenvalue weighted by atomic mass is 10.2. The minimum absolute atomic E-state index is 0.0870. The number of hydrogen-bond acceptors (Lipinski definition) is 7. The van der Waals surface area contributed by atoms with E-state index in [-0.39, 0.29) is 17.9 Å². The zero-order valence-electron chi connectivity index (χ0n) is 13.8. The second-order valence-electron chi connectivity index (χ2n) is 4.89. The van der Waals surface area contributed by atoms with Gasteiger partial charge in [0.05, 0.1) is 13.7 Å². The molecule has 0 aliphatic carbocycles. The first kappa shape index (κ1) is 21.6. The smallest absolute Gasteiger partial charge is 0.534 e. The van der Waals surface area contributed by atoms with Crippen LogP contribution in [-0.4, -0.2) is 33.6 Å². The Morgan fingerprint density at radius 1 is 1.27 bits per heavy atom. The molecule has 0 saturated carbocycles. The molecule has 26 heavy (non-hydrogen) atoms. The molecule has 0 fully saturated rings. The van der Waals surface area contributed by atoms with Crippen LogP contribution in [0, 0.1) is 0 Å². The lowest BCUT2D eigenvalue weighted by Crippen LogP contribution is -2.28. The highest BCUT2D eigenvalue weighted by Gasteiger charge is 2.48. The second-order valence-corrected chi connectivity index (χ2v) is 6.43. The number of benzene rings is 1. The minimum atomic E-state index is -5.88. The lowest BCUT2D eigenvalue weighted by molar-refractivity contribution is -0.302. The summed E-state index contributed by atoms with van der Waals surface area (Å²) >= 11 is 0. The fourth-order valence-electron chi connectivity index (χ4n) is 1.64. The monoisotopic (exact) mass is 397 g/mol. The summed E-state index contributed by atoms with van der Waals surface area (Å²) in [6.07, 6.45) is 2.30. The van der Waals surface area contributed by atoms with E-state index in [0.29, 0.717) is 6.42 Å². The molecule has 0 atom stereocenters. The summed E-state index contributed by atoms with van der Waals surface area (Å²) in [6.45, 7) is 1.93. The summed E-state index contributed by atoms with van der Waals surface area (Å²) in [5.74, 6) is -3.13. The molecule has 1 aromatic rings. The molecule has 0 spiro atoms. The van der Waals surface area contributed by atoms with Crippen LogP contribution in [0.2, 0.25) is 0 Å². The van der Waals surface area contributed by atoms with Crippen molar-refractivity contribution < 1.29 is 45.1 Å². The zero-order chi connectivity index (χ0) is 20.0. The molecular weight excluding hydrogens is 381 g/mol. The molecule has 11 heteroatoms. The number of carbonyl (C=O) groups is 1. The van der Waals surface area contributed by atoms with Crippen LogP contribution in [0.4, 0.5) is 13.2 Å². The molecule has 0 amide bonds. The number of halogens is 3. The number of hydrogen-bond donors (Lipinski definition) is 0. The molecule has 0 saturated heterocycles. The van der Waals surface area contributed by atoms with Crippen LogP contribution in [-0.2, 0) is 19.6 Å². The Labute approximate surface area is 148 Å². The van der Waals surface area contributed by atoms with E-state index in [9.17, 15) is 31.5 Å². The standard InChI is InChI=1S/C15H17F3O7S/c1-3-4-7-24-12-8-10(9-13(23-2)14(19)20)5-6-11(12)25-26(21,22)15(16,17)18/h5-6,8-9H,3-4,7H2,1-2H3,(H,19,20)/p-1/b13-9-. The number of methoxy groups -OCH3 is 1. The summed E-state index contributed by atoms with van der Waals surface area (Å²) in [5.41, 5.74) is -5.45. The molecule has 1 aromatic carbocycles. The van der Waals surface area contributed by atoms with Crippen LogP contribution in [0.3, 0.4) is 0 Å². The molecule has 7 nitrogen and oxygen atoms in total. The molecule has 0 aliphatic rings. The Morgan fingerprint density at radius 2 is 1.92 bits per heavy atom. The van der Waals surface area contributed by atoms with Gasteiger partial charge in [-0.05, 0) is 30.2 Å². The number of carboxylic acids is 1. The van der Waals surface area contributed by atoms with Gasteiger partial charge in [0.1, 0.15) is 11.7 Å². The molecule has 0 aliphatic heterocycles. The lowest BCUT2D eigenvalue weighted by Gasteiger charge is -2.14. The maximum atomic E-state index is 12.5. The van der Waals surface area contributed by atoms with Crippen molar-refractivity contribution in [3.63, 3.8) is 0 Å². The fraction of sp³-hybridized carbons (Fsp3) is 0.400. The molecule has 0 aromatic heterocycles. The quantitative estimate of drug-likeness (QED) is 0.206. The van der Waals surface area contributed by atoms with E-state index in [1.54, 1.807) is 0 Å². The molecule has 146 valence electrons. The maximum Gasteiger partial charge on any atom is 0.534 e. The van der Waals surface area contributed by atoms with E-state index in [4.69, 9.17) is 4.74 Å². The third kappa shape index (κ3) is 5.83. The van der Waals surface area contributed by atoms with Gasteiger partial charge >= 0.3 is 15.6 Å². The van der Waals surface area contributed by atoms with Crippen LogP contribution in [0.25, 0.3) is 6.08 Å². The Bertz CT molecular complexity index is 770. The van der Waals surface area contributed by atoms with Crippen molar-refractivity contribution in [1.82, 2.24) is 0 Å². The average Bonchev–Trinajstić information content (AvgIpc) is 2.53. The van der Waals surface area contributed by atoms with E-state index in [1.165, 1.54) is 0 Å². The van der Waals surface area contributed by atoms with Crippen LogP contribution in [0.5, 0.6) is 11.5 Å². The van der Waals surface area contributed by atoms with Gasteiger partial charge in [0.25, 0.3) is 0 Å². The first-order valence-corrected chi connectivity index (χ1v) is 8.67. The van der Waals surface area contributed by atoms with Gasteiger partial charge < -0.3 is 23.6 Å². The van der Waals surface area contributed by atoms with Crippen molar-refractivity contribution in [1.29, 1.82) is 0 Å². The van der Waals surface area contributed by atoms with Crippen molar-refractivity contribution >= 4 is 22.2 Å². The van der Waals surface area contributed by atoms with Gasteiger partial charge in [-0.2, -0.15) is 21.6 Å². The van der Waals surface area contributed by atoms with Gasteiger partial charge in [0.2, 0.25) is 0 Å². The third-order valence-electron chi connectivity index (χ3n) is 2.93. The summed E-state index contributed by atoms with van der Waals surface area (Å²) in [5, 5.41) is 10.8. The zero-order valence-corrected chi connectivity index (χ0v) is 14.6. The van der Waals surface area contributed by atoms with Crippen LogP contribution >= 0.6 is 0 Å². The number of carbonyl (C=O) groups excluding carboxylic acids is 1. The number of unbranched alkanes of at least 4 members (excludes halogenated alkanes) is 1. The van der Waals surface area contributed by atoms with Crippen molar-refractivity contribution in [3.8, 4) is 11.5 Å². The van der Waals surface area contributed by atoms with Crippen LogP contribution < -0.4 is 14.0 Å². The fourth-order valence-corrected chi connectivity index (χ4v) is 2.11. The van der Waals surface area contributed by atoms with Gasteiger partial charge in [-0.15, -0.1) is 0 Å². The molecule has 0 heterocycles. The summed E-state index contributed by atoms with van der Waals surface area (Å²) in [4.78, 5) is 10.8. The van der Waals surface area contributed by atoms with E-state index in [1.807, 2.05) is 6.92 Å². The van der Waals surface area contributed by atoms with Gasteiger partial charge in [-0.1, -0.05) is 19.4 Å². The van der Waals surface area contributed by atoms with E-state index >= 15 is 0 Å². The topological polar surface area (TPSA) is 102 Å². The highest BCUT2D eigenvalue weighted by Crippen LogP contribution is 2.34. The Kier molecular flexibility index (Phi) is 7.30. The SMILES string of the molecule is CCCCOc1cc(/C=C(\OC)C(=O)[O-])ccc1OS(=O)(=O)C(F)(F)F. The van der Waals surface area contributed by atoms with Crippen molar-refractivity contribution in [3.05, 3.63) is 29.5 Å². The van der Waals surface area contributed by atoms with Gasteiger partial charge in [-0.3, -0.25) is 0 Å². The van der Waals surface area contributed by atoms with Crippen LogP contribution in [0.1, 0.15) is 25.3 Å². The first-order valence-electron chi connectivity index (χ1n) is 7.26. The van der Waals surface area contributed by atoms with Crippen molar-refractivity contribution in [2.24, 2.45) is 0 Å². The number of carboxylic acid groups (broad SMARTS) is 1. The normalized spacial score (nSPS) is 12.6. The molecule has 0 N–H and O–H groups in total. The molecular formula is C15H16F3O7S-. The minimum Gasteiger partial charge on any atom is -0.542 e. The number of rotatable bonds is 9. The summed E-state index contributed by atoms with van der Waals surface area (Å²) in [7, 11) is -4.79. The van der Waals surface area contributed by atoms with E-state index < -0.39 is 33.1 Å². The predicted octanol–water partition coefficient (Wildman–Crippen LogP) is 1.83. The third-order valence-corrected chi connectivity index (χ3v) is 3.89. The molecule has 0 bridgehead atoms. The second kappa shape index (κ2) is 8.79. The van der Waals surface area contributed by atoms with Gasteiger partial charge in [0, 0.05) is 0 Å². The van der Waals surface area contributed by atoms with E-state index in [0.717, 1.165) is 37.8 Å². The molecule has 0 unspecified atom stereocenters. The Balaban J connectivity index is 3.27. The Morgan fingerprint density at radius 3 is 2.42 bits per heavy atom. The number of aliphatic carboxylic acids is 1. The van der Waals surface area contributed by atoms with Crippen molar-refractivity contribution in [2.75, 3.05) is 13.7 Å². The number of alkyl halides is 3. The van der Waals surface area contributed by atoms with Gasteiger partial charge in [-0.25, -0.2) is 0 Å². The molecule has 1 rings (SSSR count). The summed E-state index contributed by atoms with van der Waals surface area (Å²) in [6, 6.07) is 3.17. The average molecular weight is 397 g/mol. The molecule has 0 radical (unpaired) electrons. The predicted molar refractivity (Wildman–Crippen MR) is 82.4 cm³/mol. The number of ether oxygens (including phenoxy) is 2. The van der Waals surface area contributed by atoms with Crippen LogP contribution in [0.15, 0.2) is 24.0 Å². The van der Waals surface area contributed by atoms with Crippen molar-refractivity contribution in [2.45, 2.75) is 25.3 Å². The Hall–Kier alpha value is -2.43. The summed E-state index contributed by atoms with van der Waals surface area (Å²) < 4.78 is 73.8.